The Hall–Kier alpha value is -1.81. The number of hydrogen-bond donors (Lipinski definition) is 0. The molecule has 0 saturated carbocycles. The van der Waals surface area contributed by atoms with Gasteiger partial charge in [-0.15, -0.1) is 0 Å². The molecule has 2 aromatic heterocycles. The number of rotatable bonds is 4. The minimum atomic E-state index is -3.78. The van der Waals surface area contributed by atoms with Crippen LogP contribution in [0.1, 0.15) is 16.9 Å². The number of ether oxygens (including phenoxy) is 1. The van der Waals surface area contributed by atoms with E-state index < -0.39 is 16.0 Å². The maximum atomic E-state index is 13.1. The van der Waals surface area contributed by atoms with E-state index in [1.165, 1.54) is 47.6 Å². The van der Waals surface area contributed by atoms with E-state index in [4.69, 9.17) is 23.2 Å². The predicted octanol–water partition coefficient (Wildman–Crippen LogP) is 2.41. The van der Waals surface area contributed by atoms with Gasteiger partial charge in [0, 0.05) is 45.6 Å². The van der Waals surface area contributed by atoms with Gasteiger partial charge in [-0.25, -0.2) is 13.2 Å². The maximum Gasteiger partial charge on any atom is 0.354 e. The largest absolute Gasteiger partial charge is 0.464 e. The van der Waals surface area contributed by atoms with E-state index in [0.717, 1.165) is 0 Å². The smallest absolute Gasteiger partial charge is 0.354 e. The van der Waals surface area contributed by atoms with Gasteiger partial charge in [-0.3, -0.25) is 4.98 Å². The first-order chi connectivity index (χ1) is 13.3. The number of hydrogen-bond acceptors (Lipinski definition) is 6. The Morgan fingerprint density at radius 3 is 2.43 bits per heavy atom. The van der Waals surface area contributed by atoms with Crippen molar-refractivity contribution in [3.8, 4) is 0 Å². The van der Waals surface area contributed by atoms with Crippen molar-refractivity contribution in [1.82, 2.24) is 13.9 Å². The summed E-state index contributed by atoms with van der Waals surface area (Å²) in [6.07, 6.45) is 3.63. The van der Waals surface area contributed by atoms with Crippen LogP contribution in [-0.4, -0.2) is 61.5 Å². The third-order valence-electron chi connectivity index (χ3n) is 4.67. The minimum absolute atomic E-state index is 0.0429. The van der Waals surface area contributed by atoms with Gasteiger partial charge in [-0.1, -0.05) is 23.2 Å². The molecule has 0 spiro atoms. The fourth-order valence-electron chi connectivity index (χ4n) is 3.26. The summed E-state index contributed by atoms with van der Waals surface area (Å²) in [5, 5.41) is 0.893. The molecule has 1 aliphatic heterocycles. The van der Waals surface area contributed by atoms with E-state index in [2.05, 4.69) is 9.72 Å². The zero-order valence-electron chi connectivity index (χ0n) is 15.4. The standard InChI is InChI=1S/C17H20Cl2N4O4S/c1-21-14(17(24)27-2)4-5-15(21)28(25,26)23-7-3-6-22(8-9-23)16-12(18)10-20-11-13(16)19/h4-5,10-11H,3,6-9H2,1-2H3. The minimum Gasteiger partial charge on any atom is -0.464 e. The van der Waals surface area contributed by atoms with Gasteiger partial charge in [0.25, 0.3) is 10.0 Å². The fraction of sp³-hybridized carbons (Fsp3) is 0.412. The summed E-state index contributed by atoms with van der Waals surface area (Å²) in [7, 11) is -0.999. The number of pyridine rings is 1. The van der Waals surface area contributed by atoms with Crippen molar-refractivity contribution in [3.05, 3.63) is 40.3 Å². The topological polar surface area (TPSA) is 84.7 Å². The zero-order valence-corrected chi connectivity index (χ0v) is 17.8. The lowest BCUT2D eigenvalue weighted by Crippen LogP contribution is -2.36. The van der Waals surface area contributed by atoms with Crippen molar-refractivity contribution in [1.29, 1.82) is 0 Å². The molecule has 0 amide bonds. The van der Waals surface area contributed by atoms with Gasteiger partial charge in [0.2, 0.25) is 0 Å². The lowest BCUT2D eigenvalue weighted by atomic mass is 10.3. The van der Waals surface area contributed by atoms with Crippen molar-refractivity contribution in [2.75, 3.05) is 38.2 Å². The molecular weight excluding hydrogens is 427 g/mol. The fourth-order valence-corrected chi connectivity index (χ4v) is 5.50. The van der Waals surface area contributed by atoms with Gasteiger partial charge >= 0.3 is 5.97 Å². The molecule has 28 heavy (non-hydrogen) atoms. The molecule has 0 radical (unpaired) electrons. The molecule has 152 valence electrons. The second kappa shape index (κ2) is 8.28. The molecule has 1 fully saturated rings. The Labute approximate surface area is 173 Å². The first kappa shape index (κ1) is 20.9. The Morgan fingerprint density at radius 1 is 1.11 bits per heavy atom. The highest BCUT2D eigenvalue weighted by molar-refractivity contribution is 7.89. The summed E-state index contributed by atoms with van der Waals surface area (Å²) in [6.45, 7) is 1.64. The van der Waals surface area contributed by atoms with E-state index in [9.17, 15) is 13.2 Å². The number of halogens is 2. The first-order valence-electron chi connectivity index (χ1n) is 8.55. The first-order valence-corrected chi connectivity index (χ1v) is 10.7. The highest BCUT2D eigenvalue weighted by Crippen LogP contribution is 2.33. The number of carbonyl (C=O) groups excluding carboxylic acids is 1. The quantitative estimate of drug-likeness (QED) is 0.670. The Kier molecular flexibility index (Phi) is 6.18. The number of methoxy groups -OCH3 is 1. The van der Waals surface area contributed by atoms with Crippen LogP contribution in [0.2, 0.25) is 10.0 Å². The molecule has 3 rings (SSSR count). The van der Waals surface area contributed by atoms with Gasteiger partial charge < -0.3 is 14.2 Å². The van der Waals surface area contributed by atoms with E-state index >= 15 is 0 Å². The molecule has 1 aliphatic rings. The molecule has 0 aliphatic carbocycles. The average Bonchev–Trinajstić information content (AvgIpc) is 2.88. The SMILES string of the molecule is COC(=O)c1ccc(S(=O)(=O)N2CCCN(c3c(Cl)cncc3Cl)CC2)n1C. The highest BCUT2D eigenvalue weighted by atomic mass is 35.5. The lowest BCUT2D eigenvalue weighted by Gasteiger charge is -2.25. The number of esters is 1. The predicted molar refractivity (Wildman–Crippen MR) is 107 cm³/mol. The van der Waals surface area contributed by atoms with E-state index in [0.29, 0.717) is 41.8 Å². The van der Waals surface area contributed by atoms with Gasteiger partial charge in [-0.2, -0.15) is 4.31 Å². The van der Waals surface area contributed by atoms with Crippen molar-refractivity contribution in [2.24, 2.45) is 7.05 Å². The molecule has 0 aromatic carbocycles. The molecule has 2 aromatic rings. The number of aromatic nitrogens is 2. The van der Waals surface area contributed by atoms with E-state index in [1.807, 2.05) is 4.90 Å². The molecular formula is C17H20Cl2N4O4S. The van der Waals surface area contributed by atoms with Gasteiger partial charge in [0.15, 0.2) is 5.03 Å². The van der Waals surface area contributed by atoms with Gasteiger partial charge in [0.05, 0.1) is 22.8 Å². The van der Waals surface area contributed by atoms with Crippen LogP contribution >= 0.6 is 23.2 Å². The summed E-state index contributed by atoms with van der Waals surface area (Å²) >= 11 is 12.5. The second-order valence-electron chi connectivity index (χ2n) is 6.30. The van der Waals surface area contributed by atoms with Crippen molar-refractivity contribution < 1.29 is 17.9 Å². The Bertz CT molecular complexity index is 973. The van der Waals surface area contributed by atoms with Crippen LogP contribution < -0.4 is 4.90 Å². The third kappa shape index (κ3) is 3.84. The van der Waals surface area contributed by atoms with Crippen LogP contribution in [0.3, 0.4) is 0 Å². The molecule has 0 N–H and O–H groups in total. The molecule has 3 heterocycles. The normalized spacial score (nSPS) is 16.1. The number of nitrogens with zero attached hydrogens (tertiary/aromatic N) is 4. The van der Waals surface area contributed by atoms with Crippen LogP contribution in [0.5, 0.6) is 0 Å². The average molecular weight is 447 g/mol. The molecule has 1 saturated heterocycles. The van der Waals surface area contributed by atoms with Crippen LogP contribution in [0.25, 0.3) is 0 Å². The highest BCUT2D eigenvalue weighted by Gasteiger charge is 2.31. The van der Waals surface area contributed by atoms with Crippen molar-refractivity contribution >= 4 is 44.9 Å². The van der Waals surface area contributed by atoms with Gasteiger partial charge in [0.1, 0.15) is 5.69 Å². The lowest BCUT2D eigenvalue weighted by molar-refractivity contribution is 0.0589. The molecule has 11 heteroatoms. The molecule has 8 nitrogen and oxygen atoms in total. The van der Waals surface area contributed by atoms with Gasteiger partial charge in [-0.05, 0) is 18.6 Å². The Morgan fingerprint density at radius 2 is 1.79 bits per heavy atom. The number of sulfonamides is 1. The van der Waals surface area contributed by atoms with E-state index in [1.54, 1.807) is 0 Å². The molecule has 0 unspecified atom stereocenters. The van der Waals surface area contributed by atoms with Crippen molar-refractivity contribution in [3.63, 3.8) is 0 Å². The number of carbonyl (C=O) groups is 1. The second-order valence-corrected chi connectivity index (χ2v) is 9.00. The summed E-state index contributed by atoms with van der Waals surface area (Å²) < 4.78 is 33.7. The summed E-state index contributed by atoms with van der Waals surface area (Å²) in [5.41, 5.74) is 0.831. The van der Waals surface area contributed by atoms with E-state index in [-0.39, 0.29) is 17.3 Å². The van der Waals surface area contributed by atoms with Crippen LogP contribution in [0.4, 0.5) is 5.69 Å². The number of anilines is 1. The maximum absolute atomic E-state index is 13.1. The van der Waals surface area contributed by atoms with Crippen LogP contribution in [0, 0.1) is 0 Å². The zero-order chi connectivity index (χ0) is 20.5. The Balaban J connectivity index is 1.84. The monoisotopic (exact) mass is 446 g/mol. The van der Waals surface area contributed by atoms with Crippen LogP contribution in [0.15, 0.2) is 29.6 Å². The summed E-state index contributed by atoms with van der Waals surface area (Å²) in [6, 6.07) is 2.86. The van der Waals surface area contributed by atoms with Crippen molar-refractivity contribution in [2.45, 2.75) is 11.4 Å². The summed E-state index contributed by atoms with van der Waals surface area (Å²) in [5.74, 6) is -0.590. The van der Waals surface area contributed by atoms with Crippen LogP contribution in [-0.2, 0) is 21.8 Å². The summed E-state index contributed by atoms with van der Waals surface area (Å²) in [4.78, 5) is 17.7. The third-order valence-corrected chi connectivity index (χ3v) is 7.21. The molecule has 0 bridgehead atoms. The molecule has 0 atom stereocenters.